The lowest BCUT2D eigenvalue weighted by atomic mass is 10.0. The van der Waals surface area contributed by atoms with Crippen LogP contribution in [0.2, 0.25) is 0 Å². The van der Waals surface area contributed by atoms with Gasteiger partial charge in [0.2, 0.25) is 11.7 Å². The van der Waals surface area contributed by atoms with Crippen LogP contribution in [0.3, 0.4) is 0 Å². The van der Waals surface area contributed by atoms with Crippen molar-refractivity contribution in [2.45, 2.75) is 31.6 Å². The Kier molecular flexibility index (Phi) is 4.99. The van der Waals surface area contributed by atoms with Crippen LogP contribution in [-0.4, -0.2) is 12.4 Å². The molecule has 0 bridgehead atoms. The highest BCUT2D eigenvalue weighted by Crippen LogP contribution is 2.45. The van der Waals surface area contributed by atoms with Crippen molar-refractivity contribution in [3.8, 4) is 0 Å². The van der Waals surface area contributed by atoms with Crippen molar-refractivity contribution in [2.75, 3.05) is 0 Å². The maximum atomic E-state index is 13.2. The molecule has 0 spiro atoms. The summed E-state index contributed by atoms with van der Waals surface area (Å²) in [6.45, 7) is 0. The summed E-state index contributed by atoms with van der Waals surface area (Å²) in [5, 5.41) is 0. The van der Waals surface area contributed by atoms with Gasteiger partial charge >= 0.3 is 12.4 Å². The van der Waals surface area contributed by atoms with E-state index in [0.717, 1.165) is 0 Å². The quantitative estimate of drug-likeness (QED) is 0.559. The van der Waals surface area contributed by atoms with E-state index in [0.29, 0.717) is 0 Å². The smallest absolute Gasteiger partial charge is 0.208 e. The van der Waals surface area contributed by atoms with Gasteiger partial charge in [-0.15, -0.1) is 0 Å². The molecule has 0 heterocycles. The van der Waals surface area contributed by atoms with E-state index in [-0.39, 0.29) is 0 Å². The second kappa shape index (κ2) is 5.88. The minimum atomic E-state index is -5.58. The van der Waals surface area contributed by atoms with Gasteiger partial charge in [0.25, 0.3) is 0 Å². The zero-order valence-corrected chi connectivity index (χ0v) is 10.1. The standard InChI is InChI=1S/C11H8F10/c12-6(8(14)10(16,17)18)4-1-2-5(3-4)7(13)9(15)11(19,20)21/h4-5H,1-3H2/b8-6-,9-7-. The van der Waals surface area contributed by atoms with Gasteiger partial charge in [0, 0.05) is 11.8 Å². The monoisotopic (exact) mass is 330 g/mol. The summed E-state index contributed by atoms with van der Waals surface area (Å²) in [7, 11) is 0. The van der Waals surface area contributed by atoms with Crippen molar-refractivity contribution < 1.29 is 43.9 Å². The van der Waals surface area contributed by atoms with E-state index in [2.05, 4.69) is 0 Å². The van der Waals surface area contributed by atoms with Crippen LogP contribution in [0.15, 0.2) is 23.3 Å². The normalized spacial score (nSPS) is 26.6. The third kappa shape index (κ3) is 4.13. The van der Waals surface area contributed by atoms with Crippen LogP contribution in [0.4, 0.5) is 43.9 Å². The van der Waals surface area contributed by atoms with Crippen molar-refractivity contribution in [1.82, 2.24) is 0 Å². The van der Waals surface area contributed by atoms with Crippen LogP contribution in [0.1, 0.15) is 19.3 Å². The molecule has 0 radical (unpaired) electrons. The summed E-state index contributed by atoms with van der Waals surface area (Å²) in [5.74, 6) is -13.9. The molecule has 0 N–H and O–H groups in total. The second-order valence-corrected chi connectivity index (χ2v) is 4.53. The Morgan fingerprint density at radius 3 is 1.14 bits per heavy atom. The van der Waals surface area contributed by atoms with E-state index in [1.807, 2.05) is 0 Å². The third-order valence-electron chi connectivity index (χ3n) is 3.07. The second-order valence-electron chi connectivity index (χ2n) is 4.53. The molecule has 1 fully saturated rings. The summed E-state index contributed by atoms with van der Waals surface area (Å²) < 4.78 is 123. The first-order chi connectivity index (χ1) is 9.35. The van der Waals surface area contributed by atoms with Crippen LogP contribution in [0.5, 0.6) is 0 Å². The average Bonchev–Trinajstić information content (AvgIpc) is 2.82. The van der Waals surface area contributed by atoms with Crippen molar-refractivity contribution in [2.24, 2.45) is 11.8 Å². The zero-order valence-electron chi connectivity index (χ0n) is 10.1. The maximum absolute atomic E-state index is 13.2. The molecule has 0 aromatic rings. The number of allylic oxidation sites excluding steroid dienone is 4. The molecule has 2 unspecified atom stereocenters. The fourth-order valence-electron chi connectivity index (χ4n) is 2.07. The van der Waals surface area contributed by atoms with Gasteiger partial charge in [-0.1, -0.05) is 0 Å². The summed E-state index contributed by atoms with van der Waals surface area (Å²) in [6, 6.07) is 0. The SMILES string of the molecule is F/C(=C(\F)C(F)(F)F)C1CCC(/C(F)=C(/F)C(F)(F)F)C1. The lowest BCUT2D eigenvalue weighted by Crippen LogP contribution is -2.14. The van der Waals surface area contributed by atoms with Gasteiger partial charge in [0.15, 0.2) is 0 Å². The highest BCUT2D eigenvalue weighted by molar-refractivity contribution is 5.15. The Labute approximate surface area is 112 Å². The van der Waals surface area contributed by atoms with E-state index in [4.69, 9.17) is 0 Å². The molecule has 1 aliphatic rings. The largest absolute Gasteiger partial charge is 0.445 e. The van der Waals surface area contributed by atoms with Gasteiger partial charge in [-0.25, -0.2) is 8.78 Å². The number of rotatable bonds is 2. The fraction of sp³-hybridized carbons (Fsp3) is 0.636. The summed E-state index contributed by atoms with van der Waals surface area (Å²) in [5.41, 5.74) is 0. The van der Waals surface area contributed by atoms with Gasteiger partial charge in [0.1, 0.15) is 11.7 Å². The Balaban J connectivity index is 2.92. The lowest BCUT2D eigenvalue weighted by Gasteiger charge is -2.12. The van der Waals surface area contributed by atoms with E-state index in [1.165, 1.54) is 0 Å². The molecule has 122 valence electrons. The number of hydrogen-bond donors (Lipinski definition) is 0. The van der Waals surface area contributed by atoms with Crippen molar-refractivity contribution in [3.05, 3.63) is 23.3 Å². The highest BCUT2D eigenvalue weighted by Gasteiger charge is 2.44. The molecule has 1 aliphatic carbocycles. The number of halogens is 10. The van der Waals surface area contributed by atoms with E-state index in [9.17, 15) is 43.9 Å². The first-order valence-electron chi connectivity index (χ1n) is 5.60. The predicted molar refractivity (Wildman–Crippen MR) is 51.4 cm³/mol. The predicted octanol–water partition coefficient (Wildman–Crippen LogP) is 5.83. The average molecular weight is 330 g/mol. The van der Waals surface area contributed by atoms with E-state index < -0.39 is 66.8 Å². The fourth-order valence-corrected chi connectivity index (χ4v) is 2.07. The van der Waals surface area contributed by atoms with Crippen LogP contribution >= 0.6 is 0 Å². The molecular formula is C11H8F10. The van der Waals surface area contributed by atoms with Gasteiger partial charge in [-0.2, -0.15) is 35.1 Å². The first kappa shape index (κ1) is 17.8. The van der Waals surface area contributed by atoms with Crippen molar-refractivity contribution in [1.29, 1.82) is 0 Å². The Morgan fingerprint density at radius 1 is 0.619 bits per heavy atom. The van der Waals surface area contributed by atoms with Crippen molar-refractivity contribution in [3.63, 3.8) is 0 Å². The first-order valence-corrected chi connectivity index (χ1v) is 5.60. The molecule has 0 amide bonds. The van der Waals surface area contributed by atoms with Gasteiger partial charge in [-0.3, -0.25) is 0 Å². The van der Waals surface area contributed by atoms with Crippen LogP contribution in [-0.2, 0) is 0 Å². The van der Waals surface area contributed by atoms with Gasteiger partial charge < -0.3 is 0 Å². The zero-order chi connectivity index (χ0) is 16.6. The van der Waals surface area contributed by atoms with Crippen LogP contribution in [0.25, 0.3) is 0 Å². The minimum Gasteiger partial charge on any atom is -0.208 e. The Bertz CT molecular complexity index is 411. The molecule has 2 atom stereocenters. The molecule has 0 aliphatic heterocycles. The molecular weight excluding hydrogens is 322 g/mol. The maximum Gasteiger partial charge on any atom is 0.445 e. The third-order valence-corrected chi connectivity index (χ3v) is 3.07. The Hall–Kier alpha value is -1.22. The molecule has 0 aromatic heterocycles. The lowest BCUT2D eigenvalue weighted by molar-refractivity contribution is -0.112. The molecule has 1 saturated carbocycles. The summed E-state index contributed by atoms with van der Waals surface area (Å²) in [6.07, 6.45) is -13.1. The molecule has 0 aromatic carbocycles. The van der Waals surface area contributed by atoms with E-state index >= 15 is 0 Å². The topological polar surface area (TPSA) is 0 Å². The Morgan fingerprint density at radius 2 is 0.905 bits per heavy atom. The van der Waals surface area contributed by atoms with Crippen LogP contribution < -0.4 is 0 Å². The summed E-state index contributed by atoms with van der Waals surface area (Å²) in [4.78, 5) is 0. The number of hydrogen-bond acceptors (Lipinski definition) is 0. The molecule has 21 heavy (non-hydrogen) atoms. The minimum absolute atomic E-state index is 0.515. The molecule has 0 nitrogen and oxygen atoms in total. The van der Waals surface area contributed by atoms with Gasteiger partial charge in [-0.05, 0) is 19.3 Å². The van der Waals surface area contributed by atoms with Crippen molar-refractivity contribution >= 4 is 0 Å². The van der Waals surface area contributed by atoms with E-state index in [1.54, 1.807) is 0 Å². The summed E-state index contributed by atoms with van der Waals surface area (Å²) >= 11 is 0. The molecule has 0 saturated heterocycles. The van der Waals surface area contributed by atoms with Crippen LogP contribution in [0, 0.1) is 11.8 Å². The highest BCUT2D eigenvalue weighted by atomic mass is 19.4. The van der Waals surface area contributed by atoms with Gasteiger partial charge in [0.05, 0.1) is 0 Å². The number of alkyl halides is 6. The molecule has 1 rings (SSSR count). The molecule has 10 heteroatoms.